The highest BCUT2D eigenvalue weighted by Gasteiger charge is 2.41. The molecule has 0 saturated carbocycles. The molecule has 2 heterocycles. The minimum atomic E-state index is -0.595. The van der Waals surface area contributed by atoms with Crippen LogP contribution in [0.3, 0.4) is 0 Å². The number of hydrogen-bond donors (Lipinski definition) is 0. The number of nitrogens with zero attached hydrogens (tertiary/aromatic N) is 2. The number of fused-ring (bicyclic) bond motifs is 3. The van der Waals surface area contributed by atoms with Gasteiger partial charge in [-0.1, -0.05) is 64.0 Å². The van der Waals surface area contributed by atoms with Gasteiger partial charge in [-0.05, 0) is 36.8 Å². The lowest BCUT2D eigenvalue weighted by molar-refractivity contribution is -0.0212. The van der Waals surface area contributed by atoms with Gasteiger partial charge in [0.15, 0.2) is 0 Å². The standard InChI is InChI=1S/C23H18BrFN2O/c1-14-6-8-15(9-7-14)20-13-21-18-12-16(24)10-11-22(18)28-23(27(21)26-20)17-4-2-3-5-19(17)25/h2-12,21,23H,13H2,1H3/t21-,23-/m1/s1. The van der Waals surface area contributed by atoms with Crippen LogP contribution in [-0.2, 0) is 0 Å². The molecule has 0 spiro atoms. The molecule has 0 amide bonds. The predicted molar refractivity (Wildman–Crippen MR) is 111 cm³/mol. The van der Waals surface area contributed by atoms with Crippen molar-refractivity contribution in [3.05, 3.63) is 99.3 Å². The average molecular weight is 437 g/mol. The highest BCUT2D eigenvalue weighted by atomic mass is 79.9. The summed E-state index contributed by atoms with van der Waals surface area (Å²) in [7, 11) is 0. The van der Waals surface area contributed by atoms with E-state index < -0.39 is 6.23 Å². The Morgan fingerprint density at radius 1 is 1.04 bits per heavy atom. The van der Waals surface area contributed by atoms with Crippen LogP contribution < -0.4 is 4.74 Å². The van der Waals surface area contributed by atoms with Crippen molar-refractivity contribution < 1.29 is 9.13 Å². The van der Waals surface area contributed by atoms with Gasteiger partial charge in [0.25, 0.3) is 0 Å². The zero-order valence-electron chi connectivity index (χ0n) is 15.3. The van der Waals surface area contributed by atoms with Crippen LogP contribution in [0, 0.1) is 12.7 Å². The molecule has 3 aromatic rings. The van der Waals surface area contributed by atoms with Gasteiger partial charge < -0.3 is 4.74 Å². The Kier molecular flexibility index (Phi) is 4.20. The third kappa shape index (κ3) is 2.90. The van der Waals surface area contributed by atoms with Crippen LogP contribution in [0.25, 0.3) is 0 Å². The lowest BCUT2D eigenvalue weighted by Gasteiger charge is -2.38. The fourth-order valence-corrected chi connectivity index (χ4v) is 4.24. The molecule has 2 atom stereocenters. The van der Waals surface area contributed by atoms with Gasteiger partial charge in [0.1, 0.15) is 11.6 Å². The van der Waals surface area contributed by atoms with Crippen molar-refractivity contribution in [3.8, 4) is 5.75 Å². The van der Waals surface area contributed by atoms with Gasteiger partial charge in [0.2, 0.25) is 6.23 Å². The van der Waals surface area contributed by atoms with Crippen LogP contribution in [0.2, 0.25) is 0 Å². The molecule has 0 fully saturated rings. The van der Waals surface area contributed by atoms with E-state index in [1.54, 1.807) is 12.1 Å². The van der Waals surface area contributed by atoms with Crippen molar-refractivity contribution in [1.82, 2.24) is 5.01 Å². The van der Waals surface area contributed by atoms with Gasteiger partial charge in [-0.2, -0.15) is 5.10 Å². The summed E-state index contributed by atoms with van der Waals surface area (Å²) in [5, 5.41) is 6.79. The molecule has 0 saturated heterocycles. The number of hydrogen-bond acceptors (Lipinski definition) is 3. The zero-order chi connectivity index (χ0) is 19.3. The van der Waals surface area contributed by atoms with Crippen molar-refractivity contribution in [2.75, 3.05) is 0 Å². The molecule has 28 heavy (non-hydrogen) atoms. The fourth-order valence-electron chi connectivity index (χ4n) is 3.86. The van der Waals surface area contributed by atoms with Crippen molar-refractivity contribution in [2.45, 2.75) is 25.6 Å². The molecule has 0 unspecified atom stereocenters. The van der Waals surface area contributed by atoms with Crippen molar-refractivity contribution >= 4 is 21.6 Å². The van der Waals surface area contributed by atoms with Gasteiger partial charge >= 0.3 is 0 Å². The third-order valence-electron chi connectivity index (χ3n) is 5.31. The first-order valence-electron chi connectivity index (χ1n) is 9.23. The monoisotopic (exact) mass is 436 g/mol. The molecular weight excluding hydrogens is 419 g/mol. The Morgan fingerprint density at radius 3 is 2.61 bits per heavy atom. The van der Waals surface area contributed by atoms with Crippen LogP contribution in [0.5, 0.6) is 5.75 Å². The van der Waals surface area contributed by atoms with Crippen molar-refractivity contribution in [2.24, 2.45) is 5.10 Å². The highest BCUT2D eigenvalue weighted by Crippen LogP contribution is 2.48. The molecule has 140 valence electrons. The summed E-state index contributed by atoms with van der Waals surface area (Å²) in [5.41, 5.74) is 4.84. The van der Waals surface area contributed by atoms with E-state index in [0.717, 1.165) is 33.5 Å². The van der Waals surface area contributed by atoms with Crippen LogP contribution >= 0.6 is 15.9 Å². The Labute approximate surface area is 171 Å². The van der Waals surface area contributed by atoms with E-state index in [1.807, 2.05) is 23.2 Å². The Bertz CT molecular complexity index is 1080. The first-order valence-corrected chi connectivity index (χ1v) is 10.0. The van der Waals surface area contributed by atoms with E-state index in [-0.39, 0.29) is 11.9 Å². The minimum Gasteiger partial charge on any atom is -0.464 e. The van der Waals surface area contributed by atoms with Crippen LogP contribution in [0.4, 0.5) is 4.39 Å². The van der Waals surface area contributed by atoms with E-state index in [4.69, 9.17) is 9.84 Å². The van der Waals surface area contributed by atoms with E-state index in [1.165, 1.54) is 11.6 Å². The van der Waals surface area contributed by atoms with E-state index >= 15 is 0 Å². The summed E-state index contributed by atoms with van der Waals surface area (Å²) >= 11 is 3.56. The first kappa shape index (κ1) is 17.4. The molecule has 0 aliphatic carbocycles. The molecule has 5 rings (SSSR count). The second kappa shape index (κ2) is 6.74. The second-order valence-corrected chi connectivity index (χ2v) is 8.10. The van der Waals surface area contributed by atoms with Crippen LogP contribution in [0.15, 0.2) is 76.3 Å². The average Bonchev–Trinajstić information content (AvgIpc) is 3.14. The van der Waals surface area contributed by atoms with Gasteiger partial charge in [-0.25, -0.2) is 9.40 Å². The topological polar surface area (TPSA) is 24.8 Å². The number of ether oxygens (including phenoxy) is 1. The number of rotatable bonds is 2. The summed E-state index contributed by atoms with van der Waals surface area (Å²) in [6.07, 6.45) is 0.156. The quantitative estimate of drug-likeness (QED) is 0.481. The molecule has 3 aromatic carbocycles. The van der Waals surface area contributed by atoms with Gasteiger partial charge in [0.05, 0.1) is 17.3 Å². The molecule has 2 aliphatic rings. The van der Waals surface area contributed by atoms with Crippen LogP contribution in [-0.4, -0.2) is 10.7 Å². The summed E-state index contributed by atoms with van der Waals surface area (Å²) in [6, 6.07) is 21.1. The van der Waals surface area contributed by atoms with Gasteiger partial charge in [-0.3, -0.25) is 0 Å². The number of benzene rings is 3. The molecular formula is C23H18BrFN2O. The zero-order valence-corrected chi connectivity index (χ0v) is 16.9. The SMILES string of the molecule is Cc1ccc(C2=NN3[C@H](C2)c2cc(Br)ccc2O[C@@H]3c2ccccc2F)cc1. The minimum absolute atomic E-state index is 0.00200. The summed E-state index contributed by atoms with van der Waals surface area (Å²) in [5.74, 6) is 0.490. The van der Waals surface area contributed by atoms with Crippen molar-refractivity contribution in [1.29, 1.82) is 0 Å². The van der Waals surface area contributed by atoms with Crippen LogP contribution in [0.1, 0.15) is 40.9 Å². The lowest BCUT2D eigenvalue weighted by atomic mass is 9.95. The van der Waals surface area contributed by atoms with Gasteiger partial charge in [0, 0.05) is 16.5 Å². The second-order valence-electron chi connectivity index (χ2n) is 7.19. The highest BCUT2D eigenvalue weighted by molar-refractivity contribution is 9.10. The molecule has 0 N–H and O–H groups in total. The van der Waals surface area contributed by atoms with E-state index in [2.05, 4.69) is 53.2 Å². The number of hydrazone groups is 1. The summed E-state index contributed by atoms with van der Waals surface area (Å²) in [4.78, 5) is 0. The maximum absolute atomic E-state index is 14.6. The Hall–Kier alpha value is -2.66. The molecule has 0 radical (unpaired) electrons. The Balaban J connectivity index is 1.62. The maximum Gasteiger partial charge on any atom is 0.216 e. The molecule has 2 aliphatic heterocycles. The smallest absolute Gasteiger partial charge is 0.216 e. The maximum atomic E-state index is 14.6. The fraction of sp³-hybridized carbons (Fsp3) is 0.174. The number of aryl methyl sites for hydroxylation is 1. The summed E-state index contributed by atoms with van der Waals surface area (Å²) in [6.45, 7) is 2.07. The first-order chi connectivity index (χ1) is 13.6. The largest absolute Gasteiger partial charge is 0.464 e. The number of halogens is 2. The summed E-state index contributed by atoms with van der Waals surface area (Å²) < 4.78 is 21.8. The molecule has 3 nitrogen and oxygen atoms in total. The molecule has 5 heteroatoms. The van der Waals surface area contributed by atoms with E-state index in [9.17, 15) is 4.39 Å². The van der Waals surface area contributed by atoms with E-state index in [0.29, 0.717) is 5.56 Å². The third-order valence-corrected chi connectivity index (χ3v) is 5.80. The molecule has 0 aromatic heterocycles. The van der Waals surface area contributed by atoms with Crippen molar-refractivity contribution in [3.63, 3.8) is 0 Å². The van der Waals surface area contributed by atoms with Gasteiger partial charge in [-0.15, -0.1) is 0 Å². The lowest BCUT2D eigenvalue weighted by Crippen LogP contribution is -2.34. The predicted octanol–water partition coefficient (Wildman–Crippen LogP) is 6.14. The molecule has 0 bridgehead atoms. The Morgan fingerprint density at radius 2 is 1.82 bits per heavy atom. The normalized spacial score (nSPS) is 20.2.